The average molecular weight is 354 g/mol. The van der Waals surface area contributed by atoms with Gasteiger partial charge in [-0.25, -0.2) is 4.99 Å². The Hall–Kier alpha value is -2.76. The molecule has 0 atom stereocenters. The zero-order chi connectivity index (χ0) is 18.2. The van der Waals surface area contributed by atoms with E-state index in [4.69, 9.17) is 10.2 Å². The summed E-state index contributed by atoms with van der Waals surface area (Å²) in [7, 11) is 0. The highest BCUT2D eigenvalue weighted by Crippen LogP contribution is 2.17. The normalized spacial score (nSPS) is 15.6. The van der Waals surface area contributed by atoms with E-state index >= 15 is 0 Å². The van der Waals surface area contributed by atoms with E-state index in [-0.39, 0.29) is 5.91 Å². The minimum atomic E-state index is -0.138. The number of nitrogens with one attached hydrogen (secondary N) is 2. The second kappa shape index (κ2) is 9.08. The van der Waals surface area contributed by atoms with Crippen molar-refractivity contribution >= 4 is 11.9 Å². The highest BCUT2D eigenvalue weighted by Gasteiger charge is 2.13. The van der Waals surface area contributed by atoms with Crippen molar-refractivity contribution in [2.45, 2.75) is 51.2 Å². The molecule has 26 heavy (non-hydrogen) atoms. The molecule has 0 spiro atoms. The summed E-state index contributed by atoms with van der Waals surface area (Å²) in [5.74, 6) is 1.06. The summed E-state index contributed by atoms with van der Waals surface area (Å²) in [4.78, 5) is 16.7. The van der Waals surface area contributed by atoms with Crippen LogP contribution in [0, 0.1) is 0 Å². The molecule has 1 fully saturated rings. The van der Waals surface area contributed by atoms with Crippen LogP contribution in [0.1, 0.15) is 53.8 Å². The van der Waals surface area contributed by atoms with Crippen LogP contribution in [0.15, 0.2) is 52.1 Å². The van der Waals surface area contributed by atoms with E-state index in [0.29, 0.717) is 30.7 Å². The van der Waals surface area contributed by atoms with E-state index in [1.54, 1.807) is 18.4 Å². The first-order valence-electron chi connectivity index (χ1n) is 9.17. The molecule has 0 radical (unpaired) electrons. The number of furan rings is 1. The summed E-state index contributed by atoms with van der Waals surface area (Å²) in [6.07, 6.45) is 7.71. The molecule has 3 rings (SSSR count). The van der Waals surface area contributed by atoms with Crippen LogP contribution in [-0.2, 0) is 13.1 Å². The SMILES string of the molecule is NC(=NCc1cccc(C(=O)NCc2ccco2)c1)NC1CCCCC1. The van der Waals surface area contributed by atoms with Gasteiger partial charge in [0.15, 0.2) is 5.96 Å². The summed E-state index contributed by atoms with van der Waals surface area (Å²) in [6.45, 7) is 0.817. The maximum atomic E-state index is 12.3. The largest absolute Gasteiger partial charge is 0.467 e. The lowest BCUT2D eigenvalue weighted by atomic mass is 9.96. The highest BCUT2D eigenvalue weighted by molar-refractivity contribution is 5.94. The Labute approximate surface area is 153 Å². The molecule has 1 saturated carbocycles. The third-order valence-electron chi connectivity index (χ3n) is 4.58. The number of carbonyl (C=O) groups is 1. The van der Waals surface area contributed by atoms with Crippen LogP contribution >= 0.6 is 0 Å². The van der Waals surface area contributed by atoms with Crippen LogP contribution in [0.4, 0.5) is 0 Å². The highest BCUT2D eigenvalue weighted by atomic mass is 16.3. The number of amides is 1. The second-order valence-corrected chi connectivity index (χ2v) is 6.64. The molecule has 0 aliphatic heterocycles. The van der Waals surface area contributed by atoms with Crippen LogP contribution in [0.25, 0.3) is 0 Å². The van der Waals surface area contributed by atoms with Crippen molar-refractivity contribution in [2.24, 2.45) is 10.7 Å². The number of nitrogens with two attached hydrogens (primary N) is 1. The number of carbonyl (C=O) groups excluding carboxylic acids is 1. The molecule has 1 aromatic heterocycles. The second-order valence-electron chi connectivity index (χ2n) is 6.64. The van der Waals surface area contributed by atoms with Gasteiger partial charge in [0, 0.05) is 11.6 Å². The molecular formula is C20H26N4O2. The van der Waals surface area contributed by atoms with Crippen molar-refractivity contribution < 1.29 is 9.21 Å². The molecular weight excluding hydrogens is 328 g/mol. The van der Waals surface area contributed by atoms with Gasteiger partial charge in [0.2, 0.25) is 0 Å². The van der Waals surface area contributed by atoms with Gasteiger partial charge in [-0.05, 0) is 42.7 Å². The molecule has 1 amide bonds. The summed E-state index contributed by atoms with van der Waals surface area (Å²) >= 11 is 0. The summed E-state index contributed by atoms with van der Waals surface area (Å²) in [5, 5.41) is 6.14. The molecule has 1 aliphatic carbocycles. The zero-order valence-corrected chi connectivity index (χ0v) is 14.9. The molecule has 0 bridgehead atoms. The first-order chi connectivity index (χ1) is 12.7. The number of hydrogen-bond donors (Lipinski definition) is 3. The van der Waals surface area contributed by atoms with Crippen molar-refractivity contribution in [1.82, 2.24) is 10.6 Å². The molecule has 0 unspecified atom stereocenters. The lowest BCUT2D eigenvalue weighted by Crippen LogP contribution is -2.41. The first kappa shape index (κ1) is 18.0. The van der Waals surface area contributed by atoms with Crippen LogP contribution < -0.4 is 16.4 Å². The molecule has 1 aromatic carbocycles. The molecule has 6 heteroatoms. The lowest BCUT2D eigenvalue weighted by molar-refractivity contribution is 0.0948. The molecule has 0 saturated heterocycles. The third-order valence-corrected chi connectivity index (χ3v) is 4.58. The van der Waals surface area contributed by atoms with Gasteiger partial charge in [-0.15, -0.1) is 0 Å². The Kier molecular flexibility index (Phi) is 6.30. The Balaban J connectivity index is 1.52. The van der Waals surface area contributed by atoms with Crippen molar-refractivity contribution in [2.75, 3.05) is 0 Å². The predicted octanol–water partition coefficient (Wildman–Crippen LogP) is 2.95. The van der Waals surface area contributed by atoms with Gasteiger partial charge in [0.05, 0.1) is 19.4 Å². The Morgan fingerprint density at radius 3 is 2.81 bits per heavy atom. The molecule has 1 aliphatic rings. The standard InChI is InChI=1S/C20H26N4O2/c21-20(24-17-8-2-1-3-9-17)23-13-15-6-4-7-16(12-15)19(25)22-14-18-10-5-11-26-18/h4-7,10-12,17H,1-3,8-9,13-14H2,(H,22,25)(H3,21,23,24). The van der Waals surface area contributed by atoms with E-state index in [9.17, 15) is 4.79 Å². The fraction of sp³-hybridized carbons (Fsp3) is 0.400. The quantitative estimate of drug-likeness (QED) is 0.549. The van der Waals surface area contributed by atoms with Crippen LogP contribution in [0.2, 0.25) is 0 Å². The van der Waals surface area contributed by atoms with Gasteiger partial charge < -0.3 is 20.8 Å². The molecule has 6 nitrogen and oxygen atoms in total. The Bertz CT molecular complexity index is 734. The number of hydrogen-bond acceptors (Lipinski definition) is 3. The van der Waals surface area contributed by atoms with Gasteiger partial charge in [0.1, 0.15) is 5.76 Å². The summed E-state index contributed by atoms with van der Waals surface area (Å²) < 4.78 is 5.22. The number of nitrogens with zero attached hydrogens (tertiary/aromatic N) is 1. The smallest absolute Gasteiger partial charge is 0.251 e. The Morgan fingerprint density at radius 2 is 2.04 bits per heavy atom. The molecule has 2 aromatic rings. The molecule has 1 heterocycles. The van der Waals surface area contributed by atoms with Crippen molar-refractivity contribution in [3.8, 4) is 0 Å². The number of rotatable bonds is 6. The van der Waals surface area contributed by atoms with Gasteiger partial charge in [-0.3, -0.25) is 4.79 Å². The fourth-order valence-electron chi connectivity index (χ4n) is 3.17. The Morgan fingerprint density at radius 1 is 1.19 bits per heavy atom. The zero-order valence-electron chi connectivity index (χ0n) is 14.9. The molecule has 138 valence electrons. The van der Waals surface area contributed by atoms with Crippen molar-refractivity contribution in [1.29, 1.82) is 0 Å². The van der Waals surface area contributed by atoms with Gasteiger partial charge >= 0.3 is 0 Å². The lowest BCUT2D eigenvalue weighted by Gasteiger charge is -2.23. The number of guanidine groups is 1. The predicted molar refractivity (Wildman–Crippen MR) is 102 cm³/mol. The van der Waals surface area contributed by atoms with Crippen molar-refractivity contribution in [3.63, 3.8) is 0 Å². The van der Waals surface area contributed by atoms with Crippen molar-refractivity contribution in [3.05, 3.63) is 59.5 Å². The number of benzene rings is 1. The van der Waals surface area contributed by atoms with E-state index in [0.717, 1.165) is 24.2 Å². The average Bonchev–Trinajstić information content (AvgIpc) is 3.19. The van der Waals surface area contributed by atoms with Gasteiger partial charge in [0.25, 0.3) is 5.91 Å². The van der Waals surface area contributed by atoms with E-state index in [1.165, 1.54) is 19.3 Å². The minimum absolute atomic E-state index is 0.138. The van der Waals surface area contributed by atoms with E-state index in [1.807, 2.05) is 24.3 Å². The summed E-state index contributed by atoms with van der Waals surface area (Å²) in [6, 6.07) is 11.5. The minimum Gasteiger partial charge on any atom is -0.467 e. The first-order valence-corrected chi connectivity index (χ1v) is 9.17. The maximum absolute atomic E-state index is 12.3. The van der Waals surface area contributed by atoms with E-state index < -0.39 is 0 Å². The van der Waals surface area contributed by atoms with Gasteiger partial charge in [-0.1, -0.05) is 31.4 Å². The topological polar surface area (TPSA) is 92.6 Å². The number of aliphatic imine (C=N–C) groups is 1. The van der Waals surface area contributed by atoms with E-state index in [2.05, 4.69) is 15.6 Å². The van der Waals surface area contributed by atoms with Gasteiger partial charge in [-0.2, -0.15) is 0 Å². The fourth-order valence-corrected chi connectivity index (χ4v) is 3.17. The van der Waals surface area contributed by atoms with Crippen LogP contribution in [0.3, 0.4) is 0 Å². The maximum Gasteiger partial charge on any atom is 0.251 e. The molecule has 4 N–H and O–H groups in total. The monoisotopic (exact) mass is 354 g/mol. The van der Waals surface area contributed by atoms with Crippen LogP contribution in [0.5, 0.6) is 0 Å². The summed E-state index contributed by atoms with van der Waals surface area (Å²) in [5.41, 5.74) is 7.55. The third kappa shape index (κ3) is 5.37. The van der Waals surface area contributed by atoms with Crippen LogP contribution in [-0.4, -0.2) is 17.9 Å².